The van der Waals surface area contributed by atoms with Crippen LogP contribution < -0.4 is 10.2 Å². The van der Waals surface area contributed by atoms with Crippen molar-refractivity contribution in [3.63, 3.8) is 0 Å². The van der Waals surface area contributed by atoms with E-state index < -0.39 is 0 Å². The molecule has 1 aliphatic heterocycles. The Labute approximate surface area is 167 Å². The molecule has 0 radical (unpaired) electrons. The highest BCUT2D eigenvalue weighted by Crippen LogP contribution is 2.29. The van der Waals surface area contributed by atoms with Gasteiger partial charge in [-0.3, -0.25) is 9.48 Å². The molecule has 1 fully saturated rings. The van der Waals surface area contributed by atoms with Crippen molar-refractivity contribution in [1.29, 1.82) is 0 Å². The van der Waals surface area contributed by atoms with Crippen LogP contribution >= 0.6 is 11.3 Å². The Morgan fingerprint density at radius 1 is 1.32 bits per heavy atom. The molecular weight excluding hydrogens is 374 g/mol. The summed E-state index contributed by atoms with van der Waals surface area (Å²) in [7, 11) is 0. The predicted molar refractivity (Wildman–Crippen MR) is 109 cm³/mol. The number of amides is 1. The van der Waals surface area contributed by atoms with E-state index in [9.17, 15) is 4.79 Å². The zero-order valence-electron chi connectivity index (χ0n) is 16.2. The lowest BCUT2D eigenvalue weighted by Crippen LogP contribution is -2.37. The van der Waals surface area contributed by atoms with Crippen LogP contribution in [0.2, 0.25) is 0 Å². The zero-order valence-corrected chi connectivity index (χ0v) is 17.0. The quantitative estimate of drug-likeness (QED) is 0.711. The van der Waals surface area contributed by atoms with Gasteiger partial charge in [-0.2, -0.15) is 5.10 Å². The molecule has 4 rings (SSSR count). The summed E-state index contributed by atoms with van der Waals surface area (Å²) in [5.41, 5.74) is 2.34. The first-order chi connectivity index (χ1) is 13.5. The molecule has 4 heterocycles. The van der Waals surface area contributed by atoms with E-state index in [1.807, 2.05) is 33.0 Å². The Kier molecular flexibility index (Phi) is 5.08. The molecule has 1 unspecified atom stereocenters. The van der Waals surface area contributed by atoms with E-state index in [0.717, 1.165) is 40.8 Å². The van der Waals surface area contributed by atoms with E-state index in [4.69, 9.17) is 4.98 Å². The van der Waals surface area contributed by atoms with Crippen LogP contribution in [0.1, 0.15) is 34.5 Å². The summed E-state index contributed by atoms with van der Waals surface area (Å²) >= 11 is 1.64. The number of carbonyl (C=O) groups excluding carboxylic acids is 1. The van der Waals surface area contributed by atoms with Crippen LogP contribution in [0, 0.1) is 13.8 Å². The Bertz CT molecular complexity index is 996. The van der Waals surface area contributed by atoms with Gasteiger partial charge in [-0.15, -0.1) is 11.3 Å². The van der Waals surface area contributed by atoms with Gasteiger partial charge >= 0.3 is 0 Å². The van der Waals surface area contributed by atoms with Crippen LogP contribution in [-0.2, 0) is 6.54 Å². The first-order valence-electron chi connectivity index (χ1n) is 9.40. The van der Waals surface area contributed by atoms with Crippen LogP contribution in [0.25, 0.3) is 10.6 Å². The summed E-state index contributed by atoms with van der Waals surface area (Å²) in [6.45, 7) is 8.23. The van der Waals surface area contributed by atoms with Crippen molar-refractivity contribution in [3.05, 3.63) is 40.9 Å². The lowest BCUT2D eigenvalue weighted by Gasteiger charge is -2.17. The number of thiazole rings is 1. The number of aryl methyl sites for hydroxylation is 3. The smallest absolute Gasteiger partial charge is 0.272 e. The largest absolute Gasteiger partial charge is 0.346 e. The van der Waals surface area contributed by atoms with Gasteiger partial charge in [-0.1, -0.05) is 0 Å². The van der Waals surface area contributed by atoms with Crippen molar-refractivity contribution < 1.29 is 4.79 Å². The van der Waals surface area contributed by atoms with Gasteiger partial charge in [0.1, 0.15) is 5.69 Å². The standard InChI is InChI=1S/C19H23N7OS/c1-4-26-10-7-16(24-26)18(27)22-14-6-9-25(11-14)19-20-8-5-15(23-19)17-12(2)21-13(3)28-17/h5,7-8,10,14H,4,6,9,11H2,1-3H3,(H,22,27). The molecule has 0 saturated carbocycles. The maximum absolute atomic E-state index is 12.4. The van der Waals surface area contributed by atoms with E-state index in [1.165, 1.54) is 0 Å². The second-order valence-corrected chi connectivity index (χ2v) is 8.05. The average Bonchev–Trinajstić information content (AvgIpc) is 3.41. The molecule has 3 aromatic rings. The number of aromatic nitrogens is 5. The van der Waals surface area contributed by atoms with Crippen LogP contribution in [-0.4, -0.2) is 49.8 Å². The van der Waals surface area contributed by atoms with Gasteiger partial charge in [-0.25, -0.2) is 15.0 Å². The number of hydrogen-bond donors (Lipinski definition) is 1. The minimum absolute atomic E-state index is 0.0546. The predicted octanol–water partition coefficient (Wildman–Crippen LogP) is 2.44. The molecule has 1 saturated heterocycles. The van der Waals surface area contributed by atoms with Crippen molar-refractivity contribution >= 4 is 23.2 Å². The molecule has 1 atom stereocenters. The minimum Gasteiger partial charge on any atom is -0.346 e. The van der Waals surface area contributed by atoms with Gasteiger partial charge < -0.3 is 10.2 Å². The molecule has 0 aromatic carbocycles. The fraction of sp³-hybridized carbons (Fsp3) is 0.421. The summed E-state index contributed by atoms with van der Waals surface area (Å²) in [6.07, 6.45) is 4.46. The molecule has 28 heavy (non-hydrogen) atoms. The van der Waals surface area contributed by atoms with Gasteiger partial charge in [0.05, 0.1) is 21.3 Å². The van der Waals surface area contributed by atoms with Gasteiger partial charge in [0, 0.05) is 38.1 Å². The Morgan fingerprint density at radius 2 is 2.18 bits per heavy atom. The third kappa shape index (κ3) is 3.75. The highest BCUT2D eigenvalue weighted by atomic mass is 32.1. The number of carbonyl (C=O) groups is 1. The minimum atomic E-state index is -0.135. The monoisotopic (exact) mass is 397 g/mol. The fourth-order valence-corrected chi connectivity index (χ4v) is 4.26. The first kappa shape index (κ1) is 18.5. The molecule has 8 nitrogen and oxygen atoms in total. The summed E-state index contributed by atoms with van der Waals surface area (Å²) in [5, 5.41) is 8.37. The number of anilines is 1. The van der Waals surface area contributed by atoms with Gasteiger partial charge in [0.15, 0.2) is 0 Å². The molecule has 3 aromatic heterocycles. The van der Waals surface area contributed by atoms with Crippen molar-refractivity contribution in [2.24, 2.45) is 0 Å². The zero-order chi connectivity index (χ0) is 19.7. The van der Waals surface area contributed by atoms with Gasteiger partial charge in [-0.05, 0) is 39.3 Å². The number of nitrogens with one attached hydrogen (secondary N) is 1. The number of nitrogens with zero attached hydrogens (tertiary/aromatic N) is 6. The van der Waals surface area contributed by atoms with Crippen LogP contribution in [0.3, 0.4) is 0 Å². The molecule has 0 bridgehead atoms. The summed E-state index contributed by atoms with van der Waals surface area (Å²) in [4.78, 5) is 29.3. The van der Waals surface area contributed by atoms with Crippen molar-refractivity contribution in [2.75, 3.05) is 18.0 Å². The molecule has 1 N–H and O–H groups in total. The molecule has 1 amide bonds. The number of hydrogen-bond acceptors (Lipinski definition) is 7. The number of rotatable bonds is 5. The summed E-state index contributed by atoms with van der Waals surface area (Å²) in [6, 6.07) is 3.72. The summed E-state index contributed by atoms with van der Waals surface area (Å²) < 4.78 is 1.75. The van der Waals surface area contributed by atoms with E-state index >= 15 is 0 Å². The second-order valence-electron chi connectivity index (χ2n) is 6.85. The topological polar surface area (TPSA) is 88.8 Å². The van der Waals surface area contributed by atoms with Gasteiger partial charge in [0.2, 0.25) is 5.95 Å². The lowest BCUT2D eigenvalue weighted by atomic mass is 10.2. The molecule has 0 spiro atoms. The van der Waals surface area contributed by atoms with Crippen LogP contribution in [0.4, 0.5) is 5.95 Å². The molecule has 146 valence electrons. The Morgan fingerprint density at radius 3 is 2.89 bits per heavy atom. The third-order valence-corrected chi connectivity index (χ3v) is 5.88. The van der Waals surface area contributed by atoms with E-state index in [2.05, 4.69) is 25.3 Å². The third-order valence-electron chi connectivity index (χ3n) is 4.78. The van der Waals surface area contributed by atoms with Crippen LogP contribution in [0.5, 0.6) is 0 Å². The van der Waals surface area contributed by atoms with Crippen molar-refractivity contribution in [2.45, 2.75) is 39.8 Å². The normalized spacial score (nSPS) is 16.5. The lowest BCUT2D eigenvalue weighted by molar-refractivity contribution is 0.0934. The first-order valence-corrected chi connectivity index (χ1v) is 10.2. The van der Waals surface area contributed by atoms with E-state index in [1.54, 1.807) is 28.3 Å². The molecule has 0 aliphatic carbocycles. The van der Waals surface area contributed by atoms with E-state index in [0.29, 0.717) is 18.2 Å². The van der Waals surface area contributed by atoms with Crippen molar-refractivity contribution in [3.8, 4) is 10.6 Å². The Hall–Kier alpha value is -2.81. The average molecular weight is 398 g/mol. The molecule has 9 heteroatoms. The summed E-state index contributed by atoms with van der Waals surface area (Å²) in [5.74, 6) is 0.555. The van der Waals surface area contributed by atoms with Crippen molar-refractivity contribution in [1.82, 2.24) is 30.0 Å². The van der Waals surface area contributed by atoms with E-state index in [-0.39, 0.29) is 11.9 Å². The maximum atomic E-state index is 12.4. The highest BCUT2D eigenvalue weighted by Gasteiger charge is 2.27. The van der Waals surface area contributed by atoms with Gasteiger partial charge in [0.25, 0.3) is 5.91 Å². The molecule has 1 aliphatic rings. The molecular formula is C19H23N7OS. The van der Waals surface area contributed by atoms with Crippen LogP contribution in [0.15, 0.2) is 24.5 Å². The fourth-order valence-electron chi connectivity index (χ4n) is 3.37. The Balaban J connectivity index is 1.43. The second kappa shape index (κ2) is 7.67. The highest BCUT2D eigenvalue weighted by molar-refractivity contribution is 7.15. The maximum Gasteiger partial charge on any atom is 0.272 e. The SMILES string of the molecule is CCn1ccc(C(=O)NC2CCN(c3nccc(-c4sc(C)nc4C)n3)C2)n1.